The summed E-state index contributed by atoms with van der Waals surface area (Å²) in [6.45, 7) is 5.48. The number of rotatable bonds is 3. The van der Waals surface area contributed by atoms with Crippen molar-refractivity contribution in [3.8, 4) is 5.69 Å². The fourth-order valence-electron chi connectivity index (χ4n) is 4.52. The van der Waals surface area contributed by atoms with Gasteiger partial charge in [-0.05, 0) is 51.7 Å². The summed E-state index contributed by atoms with van der Waals surface area (Å²) < 4.78 is 1.74. The summed E-state index contributed by atoms with van der Waals surface area (Å²) >= 11 is 0. The molecule has 7 heteroatoms. The monoisotopic (exact) mass is 367 g/mol. The number of aromatic nitrogens is 3. The summed E-state index contributed by atoms with van der Waals surface area (Å²) in [4.78, 5) is 30.7. The highest BCUT2D eigenvalue weighted by Crippen LogP contribution is 2.40. The lowest BCUT2D eigenvalue weighted by atomic mass is 9.84. The van der Waals surface area contributed by atoms with Crippen molar-refractivity contribution < 1.29 is 9.59 Å². The van der Waals surface area contributed by atoms with E-state index < -0.39 is 5.54 Å². The molecule has 0 saturated carbocycles. The second kappa shape index (κ2) is 6.79. The Bertz CT molecular complexity index is 848. The number of likely N-dealkylation sites (tertiary alicyclic amines) is 2. The van der Waals surface area contributed by atoms with E-state index in [1.165, 1.54) is 0 Å². The summed E-state index contributed by atoms with van der Waals surface area (Å²) in [5, 5.41) is 7.70. The van der Waals surface area contributed by atoms with Gasteiger partial charge in [0.05, 0.1) is 11.3 Å². The van der Waals surface area contributed by atoms with Crippen LogP contribution in [0.3, 0.4) is 0 Å². The number of piperidine rings is 1. The molecular weight excluding hydrogens is 342 g/mol. The van der Waals surface area contributed by atoms with Crippen LogP contribution >= 0.6 is 0 Å². The average molecular weight is 367 g/mol. The maximum atomic E-state index is 13.6. The molecule has 2 saturated heterocycles. The molecule has 0 radical (unpaired) electrons. The summed E-state index contributed by atoms with van der Waals surface area (Å²) in [7, 11) is 0. The van der Waals surface area contributed by atoms with Crippen LogP contribution in [0.1, 0.15) is 49.9 Å². The minimum Gasteiger partial charge on any atom is -0.338 e. The second-order valence-electron chi connectivity index (χ2n) is 7.67. The SMILES string of the molecule is CC(C)N1CCCC2(CCCN2C(=O)c2ccccc2-n2cnnc2)C1=O. The van der Waals surface area contributed by atoms with Gasteiger partial charge in [0.25, 0.3) is 5.91 Å². The van der Waals surface area contributed by atoms with E-state index >= 15 is 0 Å². The minimum atomic E-state index is -0.695. The number of hydrogen-bond acceptors (Lipinski definition) is 4. The van der Waals surface area contributed by atoms with Gasteiger partial charge in [-0.2, -0.15) is 0 Å². The van der Waals surface area contributed by atoms with Crippen LogP contribution in [-0.2, 0) is 4.79 Å². The van der Waals surface area contributed by atoms with Crippen molar-refractivity contribution >= 4 is 11.8 Å². The van der Waals surface area contributed by atoms with Crippen molar-refractivity contribution in [3.63, 3.8) is 0 Å². The first-order chi connectivity index (χ1) is 13.0. The molecule has 1 spiro atoms. The fraction of sp³-hybridized carbons (Fsp3) is 0.500. The molecule has 0 bridgehead atoms. The van der Waals surface area contributed by atoms with Crippen molar-refractivity contribution in [2.45, 2.75) is 51.1 Å². The van der Waals surface area contributed by atoms with Crippen LogP contribution in [-0.4, -0.2) is 61.0 Å². The Morgan fingerprint density at radius 2 is 1.74 bits per heavy atom. The van der Waals surface area contributed by atoms with E-state index in [0.717, 1.165) is 37.9 Å². The van der Waals surface area contributed by atoms with E-state index in [9.17, 15) is 9.59 Å². The molecule has 2 aromatic rings. The van der Waals surface area contributed by atoms with E-state index in [-0.39, 0.29) is 17.9 Å². The molecule has 2 amide bonds. The van der Waals surface area contributed by atoms with Gasteiger partial charge in [0.15, 0.2) is 0 Å². The van der Waals surface area contributed by atoms with Gasteiger partial charge < -0.3 is 9.80 Å². The lowest BCUT2D eigenvalue weighted by Crippen LogP contribution is -2.62. The highest BCUT2D eigenvalue weighted by atomic mass is 16.2. The fourth-order valence-corrected chi connectivity index (χ4v) is 4.52. The smallest absolute Gasteiger partial charge is 0.256 e. The lowest BCUT2D eigenvalue weighted by Gasteiger charge is -2.46. The Morgan fingerprint density at radius 1 is 1.07 bits per heavy atom. The maximum Gasteiger partial charge on any atom is 0.256 e. The highest BCUT2D eigenvalue weighted by molar-refractivity contribution is 6.02. The molecule has 2 aliphatic rings. The zero-order valence-corrected chi connectivity index (χ0v) is 15.8. The molecule has 27 heavy (non-hydrogen) atoms. The lowest BCUT2D eigenvalue weighted by molar-refractivity contribution is -0.147. The van der Waals surface area contributed by atoms with Crippen LogP contribution in [0.15, 0.2) is 36.9 Å². The molecule has 1 unspecified atom stereocenters. The predicted molar refractivity (Wildman–Crippen MR) is 100 cm³/mol. The van der Waals surface area contributed by atoms with Crippen molar-refractivity contribution in [2.24, 2.45) is 0 Å². The number of nitrogens with zero attached hydrogens (tertiary/aromatic N) is 5. The third-order valence-corrected chi connectivity index (χ3v) is 5.84. The van der Waals surface area contributed by atoms with Crippen molar-refractivity contribution in [2.75, 3.05) is 13.1 Å². The highest BCUT2D eigenvalue weighted by Gasteiger charge is 2.53. The molecule has 2 aliphatic heterocycles. The molecule has 2 fully saturated rings. The zero-order valence-electron chi connectivity index (χ0n) is 15.8. The number of carbonyl (C=O) groups excluding carboxylic acids is 2. The third-order valence-electron chi connectivity index (χ3n) is 5.84. The third kappa shape index (κ3) is 2.81. The van der Waals surface area contributed by atoms with Crippen LogP contribution in [0, 0.1) is 0 Å². The van der Waals surface area contributed by atoms with Gasteiger partial charge in [-0.15, -0.1) is 10.2 Å². The van der Waals surface area contributed by atoms with Gasteiger partial charge in [-0.25, -0.2) is 0 Å². The predicted octanol–water partition coefficient (Wildman–Crippen LogP) is 2.27. The molecule has 1 aromatic heterocycles. The van der Waals surface area contributed by atoms with Crippen molar-refractivity contribution in [3.05, 3.63) is 42.5 Å². The Balaban J connectivity index is 1.71. The number of amides is 2. The van der Waals surface area contributed by atoms with Crippen LogP contribution in [0.5, 0.6) is 0 Å². The summed E-state index contributed by atoms with van der Waals surface area (Å²) in [6.07, 6.45) is 6.44. The number of benzene rings is 1. The molecule has 0 N–H and O–H groups in total. The molecule has 7 nitrogen and oxygen atoms in total. The Morgan fingerprint density at radius 3 is 2.44 bits per heavy atom. The number of hydrogen-bond donors (Lipinski definition) is 0. The normalized spacial score (nSPS) is 22.9. The van der Waals surface area contributed by atoms with E-state index in [1.54, 1.807) is 17.2 Å². The summed E-state index contributed by atoms with van der Waals surface area (Å²) in [5.74, 6) is 0.0205. The molecule has 0 aliphatic carbocycles. The number of para-hydroxylation sites is 1. The maximum absolute atomic E-state index is 13.6. The zero-order chi connectivity index (χ0) is 19.0. The van der Waals surface area contributed by atoms with Crippen molar-refractivity contribution in [1.82, 2.24) is 24.6 Å². The van der Waals surface area contributed by atoms with Crippen LogP contribution in [0.2, 0.25) is 0 Å². The van der Waals surface area contributed by atoms with E-state index in [0.29, 0.717) is 12.1 Å². The summed E-state index contributed by atoms with van der Waals surface area (Å²) in [6, 6.07) is 7.58. The molecule has 1 aromatic carbocycles. The first-order valence-corrected chi connectivity index (χ1v) is 9.62. The Kier molecular flexibility index (Phi) is 4.45. The largest absolute Gasteiger partial charge is 0.338 e. The first kappa shape index (κ1) is 17.7. The molecule has 4 rings (SSSR count). The second-order valence-corrected chi connectivity index (χ2v) is 7.67. The van der Waals surface area contributed by atoms with E-state index in [4.69, 9.17) is 0 Å². The van der Waals surface area contributed by atoms with Gasteiger partial charge in [0, 0.05) is 19.1 Å². The first-order valence-electron chi connectivity index (χ1n) is 9.62. The molecule has 1 atom stereocenters. The van der Waals surface area contributed by atoms with Gasteiger partial charge >= 0.3 is 0 Å². The quantitative estimate of drug-likeness (QED) is 0.834. The standard InChI is InChI=1S/C20H25N5O2/c1-15(2)24-11-5-9-20(19(24)27)10-6-12-25(20)18(26)16-7-3-4-8-17(16)23-13-21-22-14-23/h3-4,7-8,13-15H,5-6,9-12H2,1-2H3. The van der Waals surface area contributed by atoms with Gasteiger partial charge in [0.2, 0.25) is 5.91 Å². The van der Waals surface area contributed by atoms with Crippen molar-refractivity contribution in [1.29, 1.82) is 0 Å². The number of carbonyl (C=O) groups is 2. The molecule has 3 heterocycles. The van der Waals surface area contributed by atoms with Crippen LogP contribution in [0.4, 0.5) is 0 Å². The molecule has 142 valence electrons. The average Bonchev–Trinajstić information content (AvgIpc) is 3.34. The van der Waals surface area contributed by atoms with Crippen LogP contribution < -0.4 is 0 Å². The summed E-state index contributed by atoms with van der Waals surface area (Å²) in [5.41, 5.74) is 0.617. The Hall–Kier alpha value is -2.70. The molecular formula is C20H25N5O2. The van der Waals surface area contributed by atoms with Gasteiger partial charge in [-0.1, -0.05) is 12.1 Å². The van der Waals surface area contributed by atoms with Gasteiger partial charge in [-0.3, -0.25) is 14.2 Å². The Labute approximate surface area is 159 Å². The minimum absolute atomic E-state index is 0.0873. The van der Waals surface area contributed by atoms with Crippen LogP contribution in [0.25, 0.3) is 5.69 Å². The van der Waals surface area contributed by atoms with Gasteiger partial charge in [0.1, 0.15) is 18.2 Å². The van der Waals surface area contributed by atoms with E-state index in [2.05, 4.69) is 10.2 Å². The van der Waals surface area contributed by atoms with E-state index in [1.807, 2.05) is 47.9 Å². The topological polar surface area (TPSA) is 71.3 Å².